The van der Waals surface area contributed by atoms with Gasteiger partial charge < -0.3 is 15.5 Å². The number of rotatable bonds is 6. The van der Waals surface area contributed by atoms with Gasteiger partial charge in [0.2, 0.25) is 17.7 Å². The summed E-state index contributed by atoms with van der Waals surface area (Å²) in [6.45, 7) is 0. The van der Waals surface area contributed by atoms with Crippen molar-refractivity contribution in [3.63, 3.8) is 0 Å². The molecule has 30 heavy (non-hydrogen) atoms. The highest BCUT2D eigenvalue weighted by Gasteiger charge is 2.21. The van der Waals surface area contributed by atoms with E-state index < -0.39 is 17.9 Å². The van der Waals surface area contributed by atoms with E-state index in [-0.39, 0.29) is 0 Å². The first kappa shape index (κ1) is 19.1. The minimum absolute atomic E-state index is 0.347. The second kappa shape index (κ2) is 8.40. The largest absolute Gasteiger partial charge is 0.416 e. The minimum Gasteiger partial charge on any atom is -0.416 e. The second-order valence-corrected chi connectivity index (χ2v) is 6.58. The van der Waals surface area contributed by atoms with Gasteiger partial charge in [-0.1, -0.05) is 48.5 Å². The van der Waals surface area contributed by atoms with Crippen LogP contribution >= 0.6 is 0 Å². The average Bonchev–Trinajstić information content (AvgIpc) is 3.29. The first-order valence-electron chi connectivity index (χ1n) is 9.26. The number of hydrogen-bond donors (Lipinski definition) is 2. The SMILES string of the molecule is NC(=O)C(NC(=O)c1ccc(-c2nnc(-c3ccccc3)o2)cc1)c1ccccc1. The van der Waals surface area contributed by atoms with Gasteiger partial charge in [-0.15, -0.1) is 10.2 Å². The predicted octanol–water partition coefficient (Wildman–Crippen LogP) is 3.36. The Morgan fingerprint density at radius 1 is 0.767 bits per heavy atom. The number of hydrogen-bond acceptors (Lipinski definition) is 5. The molecule has 7 nitrogen and oxygen atoms in total. The molecule has 0 aliphatic heterocycles. The Morgan fingerprint density at radius 3 is 1.87 bits per heavy atom. The number of aromatic nitrogens is 2. The number of nitrogens with one attached hydrogen (secondary N) is 1. The van der Waals surface area contributed by atoms with Gasteiger partial charge in [0, 0.05) is 16.7 Å². The molecule has 0 bridgehead atoms. The van der Waals surface area contributed by atoms with Gasteiger partial charge in [0.25, 0.3) is 5.91 Å². The lowest BCUT2D eigenvalue weighted by molar-refractivity contribution is -0.120. The molecule has 148 valence electrons. The number of benzene rings is 3. The Morgan fingerprint density at radius 2 is 1.30 bits per heavy atom. The van der Waals surface area contributed by atoms with Crippen LogP contribution in [-0.2, 0) is 4.79 Å². The summed E-state index contributed by atoms with van der Waals surface area (Å²) in [5, 5.41) is 10.8. The van der Waals surface area contributed by atoms with E-state index in [1.807, 2.05) is 36.4 Å². The van der Waals surface area contributed by atoms with Crippen LogP contribution in [-0.4, -0.2) is 22.0 Å². The Hall–Kier alpha value is -4.26. The normalized spacial score (nSPS) is 11.6. The zero-order valence-corrected chi connectivity index (χ0v) is 15.9. The maximum atomic E-state index is 12.6. The van der Waals surface area contributed by atoms with Gasteiger partial charge in [0.05, 0.1) is 0 Å². The maximum absolute atomic E-state index is 12.6. The summed E-state index contributed by atoms with van der Waals surface area (Å²) in [4.78, 5) is 24.4. The van der Waals surface area contributed by atoms with Crippen molar-refractivity contribution < 1.29 is 14.0 Å². The van der Waals surface area contributed by atoms with Crippen molar-refractivity contribution in [1.82, 2.24) is 15.5 Å². The Balaban J connectivity index is 1.50. The molecule has 0 radical (unpaired) electrons. The first-order chi connectivity index (χ1) is 14.6. The lowest BCUT2D eigenvalue weighted by Gasteiger charge is -2.16. The summed E-state index contributed by atoms with van der Waals surface area (Å²) in [6, 6.07) is 24.1. The highest BCUT2D eigenvalue weighted by atomic mass is 16.4. The van der Waals surface area contributed by atoms with E-state index in [4.69, 9.17) is 10.2 Å². The van der Waals surface area contributed by atoms with Crippen LogP contribution in [0.3, 0.4) is 0 Å². The number of carbonyl (C=O) groups excluding carboxylic acids is 2. The predicted molar refractivity (Wildman–Crippen MR) is 111 cm³/mol. The summed E-state index contributed by atoms with van der Waals surface area (Å²) in [7, 11) is 0. The maximum Gasteiger partial charge on any atom is 0.252 e. The van der Waals surface area contributed by atoms with Gasteiger partial charge in [-0.25, -0.2) is 0 Å². The van der Waals surface area contributed by atoms with Crippen molar-refractivity contribution in [1.29, 1.82) is 0 Å². The summed E-state index contributed by atoms with van der Waals surface area (Å²) >= 11 is 0. The van der Waals surface area contributed by atoms with Gasteiger partial charge in [-0.05, 0) is 42.0 Å². The molecule has 1 aromatic heterocycles. The van der Waals surface area contributed by atoms with Crippen molar-refractivity contribution in [3.05, 3.63) is 96.1 Å². The molecular formula is C23H18N4O3. The highest BCUT2D eigenvalue weighted by Crippen LogP contribution is 2.24. The molecular weight excluding hydrogens is 380 g/mol. The van der Waals surface area contributed by atoms with Crippen molar-refractivity contribution >= 4 is 11.8 Å². The molecule has 0 spiro atoms. The van der Waals surface area contributed by atoms with E-state index in [0.717, 1.165) is 5.56 Å². The fraction of sp³-hybridized carbons (Fsp3) is 0.0435. The van der Waals surface area contributed by atoms with Gasteiger partial charge >= 0.3 is 0 Å². The van der Waals surface area contributed by atoms with Crippen molar-refractivity contribution in [3.8, 4) is 22.9 Å². The number of nitrogens with two attached hydrogens (primary N) is 1. The van der Waals surface area contributed by atoms with Crippen LogP contribution in [0.15, 0.2) is 89.3 Å². The molecule has 2 amide bonds. The Labute approximate surface area is 172 Å². The van der Waals surface area contributed by atoms with Crippen LogP contribution in [0.2, 0.25) is 0 Å². The molecule has 3 N–H and O–H groups in total. The van der Waals surface area contributed by atoms with Gasteiger partial charge in [0.1, 0.15) is 6.04 Å². The molecule has 0 saturated heterocycles. The molecule has 0 saturated carbocycles. The molecule has 3 aromatic carbocycles. The molecule has 1 atom stereocenters. The first-order valence-corrected chi connectivity index (χ1v) is 9.26. The number of primary amides is 1. The van der Waals surface area contributed by atoms with Gasteiger partial charge in [0.15, 0.2) is 0 Å². The van der Waals surface area contributed by atoms with E-state index in [2.05, 4.69) is 15.5 Å². The van der Waals surface area contributed by atoms with Gasteiger partial charge in [-0.3, -0.25) is 9.59 Å². The van der Waals surface area contributed by atoms with Crippen LogP contribution < -0.4 is 11.1 Å². The molecule has 7 heteroatoms. The van der Waals surface area contributed by atoms with Crippen LogP contribution in [0.25, 0.3) is 22.9 Å². The van der Waals surface area contributed by atoms with E-state index in [1.54, 1.807) is 48.5 Å². The van der Waals surface area contributed by atoms with Crippen molar-refractivity contribution in [2.45, 2.75) is 6.04 Å². The molecule has 1 unspecified atom stereocenters. The third-order valence-corrected chi connectivity index (χ3v) is 4.53. The van der Waals surface area contributed by atoms with Crippen molar-refractivity contribution in [2.75, 3.05) is 0 Å². The summed E-state index contributed by atoms with van der Waals surface area (Å²) in [5.74, 6) is -0.283. The summed E-state index contributed by atoms with van der Waals surface area (Å²) in [5.41, 5.74) is 7.96. The lowest BCUT2D eigenvalue weighted by atomic mass is 10.1. The Bertz CT molecular complexity index is 1160. The fourth-order valence-electron chi connectivity index (χ4n) is 2.98. The van der Waals surface area contributed by atoms with Crippen LogP contribution in [0.4, 0.5) is 0 Å². The Kier molecular flexibility index (Phi) is 5.34. The van der Waals surface area contributed by atoms with Crippen LogP contribution in [0.5, 0.6) is 0 Å². The third kappa shape index (κ3) is 4.10. The highest BCUT2D eigenvalue weighted by molar-refractivity contribution is 5.97. The molecule has 0 fully saturated rings. The van der Waals surface area contributed by atoms with Crippen LogP contribution in [0.1, 0.15) is 22.0 Å². The third-order valence-electron chi connectivity index (χ3n) is 4.53. The topological polar surface area (TPSA) is 111 Å². The average molecular weight is 398 g/mol. The molecule has 4 aromatic rings. The zero-order chi connectivity index (χ0) is 20.9. The number of carbonyl (C=O) groups is 2. The van der Waals surface area contributed by atoms with Crippen molar-refractivity contribution in [2.24, 2.45) is 5.73 Å². The fourth-order valence-corrected chi connectivity index (χ4v) is 2.98. The lowest BCUT2D eigenvalue weighted by Crippen LogP contribution is -2.37. The van der Waals surface area contributed by atoms with E-state index >= 15 is 0 Å². The molecule has 1 heterocycles. The zero-order valence-electron chi connectivity index (χ0n) is 15.9. The summed E-state index contributed by atoms with van der Waals surface area (Å²) in [6.07, 6.45) is 0. The molecule has 0 aliphatic carbocycles. The monoisotopic (exact) mass is 398 g/mol. The van der Waals surface area contributed by atoms with E-state index in [0.29, 0.717) is 28.5 Å². The second-order valence-electron chi connectivity index (χ2n) is 6.58. The number of amides is 2. The molecule has 4 rings (SSSR count). The summed E-state index contributed by atoms with van der Waals surface area (Å²) < 4.78 is 5.73. The quantitative estimate of drug-likeness (QED) is 0.517. The smallest absolute Gasteiger partial charge is 0.252 e. The standard InChI is InChI=1S/C23H18N4O3/c24-20(28)19(15-7-3-1-4-8-15)25-21(29)16-11-13-18(14-12-16)23-27-26-22(30-23)17-9-5-2-6-10-17/h1-14,19H,(H2,24,28)(H,25,29). The van der Waals surface area contributed by atoms with E-state index in [9.17, 15) is 9.59 Å². The van der Waals surface area contributed by atoms with Gasteiger partial charge in [-0.2, -0.15) is 0 Å². The number of nitrogens with zero attached hydrogens (tertiary/aromatic N) is 2. The molecule has 0 aliphatic rings. The van der Waals surface area contributed by atoms with Crippen LogP contribution in [0, 0.1) is 0 Å². The minimum atomic E-state index is -0.914. The van der Waals surface area contributed by atoms with E-state index in [1.165, 1.54) is 0 Å².